The van der Waals surface area contributed by atoms with E-state index in [2.05, 4.69) is 10.6 Å². The molecule has 5 nitrogen and oxygen atoms in total. The number of hydrogen-bond donors (Lipinski definition) is 3. The number of amides is 2. The molecule has 122 valence electrons. The highest BCUT2D eigenvalue weighted by Crippen LogP contribution is 2.06. The monoisotopic (exact) mass is 305 g/mol. The molecule has 1 aromatic rings. The van der Waals surface area contributed by atoms with E-state index in [-0.39, 0.29) is 23.7 Å². The molecule has 2 atom stereocenters. The molecule has 1 aromatic carbocycles. The first-order valence-corrected chi connectivity index (χ1v) is 7.70. The van der Waals surface area contributed by atoms with Gasteiger partial charge in [-0.05, 0) is 17.4 Å². The van der Waals surface area contributed by atoms with E-state index in [0.717, 1.165) is 5.56 Å². The van der Waals surface area contributed by atoms with Gasteiger partial charge in [0.1, 0.15) is 6.04 Å². The van der Waals surface area contributed by atoms with Crippen molar-refractivity contribution in [1.29, 1.82) is 0 Å². The van der Waals surface area contributed by atoms with Gasteiger partial charge in [-0.15, -0.1) is 0 Å². The van der Waals surface area contributed by atoms with Crippen molar-refractivity contribution in [2.24, 2.45) is 17.6 Å². The number of benzene rings is 1. The number of carbonyl (C=O) groups excluding carboxylic acids is 2. The third-order valence-electron chi connectivity index (χ3n) is 3.58. The summed E-state index contributed by atoms with van der Waals surface area (Å²) in [4.78, 5) is 24.4. The largest absolute Gasteiger partial charge is 0.350 e. The lowest BCUT2D eigenvalue weighted by Gasteiger charge is -2.24. The van der Waals surface area contributed by atoms with Crippen LogP contribution in [-0.2, 0) is 16.1 Å². The van der Waals surface area contributed by atoms with Crippen LogP contribution >= 0.6 is 0 Å². The third-order valence-corrected chi connectivity index (χ3v) is 3.58. The molecular weight excluding hydrogens is 278 g/mol. The summed E-state index contributed by atoms with van der Waals surface area (Å²) < 4.78 is 0. The lowest BCUT2D eigenvalue weighted by Crippen LogP contribution is -2.54. The summed E-state index contributed by atoms with van der Waals surface area (Å²) in [5, 5.41) is 5.62. The average molecular weight is 305 g/mol. The van der Waals surface area contributed by atoms with Crippen molar-refractivity contribution < 1.29 is 9.59 Å². The molecule has 0 saturated carbocycles. The van der Waals surface area contributed by atoms with E-state index in [9.17, 15) is 9.59 Å². The van der Waals surface area contributed by atoms with Crippen molar-refractivity contribution >= 4 is 11.8 Å². The van der Waals surface area contributed by atoms with Crippen molar-refractivity contribution in [3.63, 3.8) is 0 Å². The van der Waals surface area contributed by atoms with Gasteiger partial charge in [0.15, 0.2) is 0 Å². The van der Waals surface area contributed by atoms with Crippen molar-refractivity contribution in [2.45, 2.75) is 46.3 Å². The van der Waals surface area contributed by atoms with Crippen LogP contribution in [0.15, 0.2) is 30.3 Å². The summed E-state index contributed by atoms with van der Waals surface area (Å²) in [5.41, 5.74) is 6.85. The van der Waals surface area contributed by atoms with Crippen LogP contribution in [-0.4, -0.2) is 23.9 Å². The molecule has 0 saturated heterocycles. The normalized spacial score (nSPS) is 13.8. The Morgan fingerprint density at radius 2 is 1.59 bits per heavy atom. The molecule has 0 aliphatic carbocycles. The van der Waals surface area contributed by atoms with Crippen LogP contribution in [0.4, 0.5) is 0 Å². The molecule has 0 spiro atoms. The Balaban J connectivity index is 2.62. The second kappa shape index (κ2) is 8.54. The van der Waals surface area contributed by atoms with Gasteiger partial charge in [0.25, 0.3) is 0 Å². The Labute approximate surface area is 132 Å². The summed E-state index contributed by atoms with van der Waals surface area (Å²) >= 11 is 0. The van der Waals surface area contributed by atoms with Gasteiger partial charge >= 0.3 is 0 Å². The van der Waals surface area contributed by atoms with Gasteiger partial charge in [-0.25, -0.2) is 0 Å². The first-order valence-electron chi connectivity index (χ1n) is 7.70. The minimum atomic E-state index is -0.608. The average Bonchev–Trinajstić information content (AvgIpc) is 2.49. The number of rotatable bonds is 7. The first-order chi connectivity index (χ1) is 10.3. The summed E-state index contributed by atoms with van der Waals surface area (Å²) in [6.07, 6.45) is 0. The lowest BCUT2D eigenvalue weighted by atomic mass is 10.0. The van der Waals surface area contributed by atoms with E-state index in [4.69, 9.17) is 5.73 Å². The Bertz CT molecular complexity index is 486. The zero-order chi connectivity index (χ0) is 16.7. The molecule has 4 N–H and O–H groups in total. The van der Waals surface area contributed by atoms with E-state index >= 15 is 0 Å². The zero-order valence-corrected chi connectivity index (χ0v) is 13.8. The Morgan fingerprint density at radius 1 is 1.00 bits per heavy atom. The molecule has 2 amide bonds. The van der Waals surface area contributed by atoms with Gasteiger partial charge < -0.3 is 16.4 Å². The number of nitrogens with two attached hydrogens (primary N) is 1. The Hall–Kier alpha value is -1.88. The predicted octanol–water partition coefficient (Wildman–Crippen LogP) is 1.43. The fourth-order valence-electron chi connectivity index (χ4n) is 1.98. The maximum Gasteiger partial charge on any atom is 0.243 e. The number of carbonyl (C=O) groups is 2. The van der Waals surface area contributed by atoms with Crippen molar-refractivity contribution in [3.8, 4) is 0 Å². The number of nitrogens with one attached hydrogen (secondary N) is 2. The molecule has 0 radical (unpaired) electrons. The first kappa shape index (κ1) is 18.2. The topological polar surface area (TPSA) is 84.2 Å². The summed E-state index contributed by atoms with van der Waals surface area (Å²) in [7, 11) is 0. The fourth-order valence-corrected chi connectivity index (χ4v) is 1.98. The third kappa shape index (κ3) is 5.48. The van der Waals surface area contributed by atoms with Gasteiger partial charge in [0.05, 0.1) is 6.04 Å². The highest BCUT2D eigenvalue weighted by Gasteiger charge is 2.27. The quantitative estimate of drug-likeness (QED) is 0.712. The van der Waals surface area contributed by atoms with E-state index in [1.807, 2.05) is 58.0 Å². The molecule has 0 heterocycles. The SMILES string of the molecule is CC(C)C(N)C(=O)N[C@H](C(=O)NCc1ccccc1)C(C)C. The van der Waals surface area contributed by atoms with Crippen molar-refractivity contribution in [1.82, 2.24) is 10.6 Å². The minimum Gasteiger partial charge on any atom is -0.350 e. The van der Waals surface area contributed by atoms with E-state index in [1.165, 1.54) is 0 Å². The molecule has 0 aromatic heterocycles. The maximum absolute atomic E-state index is 12.3. The molecule has 0 bridgehead atoms. The van der Waals surface area contributed by atoms with Crippen molar-refractivity contribution in [3.05, 3.63) is 35.9 Å². The predicted molar refractivity (Wildman–Crippen MR) is 87.9 cm³/mol. The summed E-state index contributed by atoms with van der Waals surface area (Å²) in [6, 6.07) is 8.46. The van der Waals surface area contributed by atoms with Crippen LogP contribution in [0.2, 0.25) is 0 Å². The summed E-state index contributed by atoms with van der Waals surface area (Å²) in [6.45, 7) is 7.99. The highest BCUT2D eigenvalue weighted by atomic mass is 16.2. The lowest BCUT2D eigenvalue weighted by molar-refractivity contribution is -0.131. The molecule has 22 heavy (non-hydrogen) atoms. The summed E-state index contributed by atoms with van der Waals surface area (Å²) in [5.74, 6) is -0.467. The second-order valence-electron chi connectivity index (χ2n) is 6.20. The molecule has 1 unspecified atom stereocenters. The smallest absolute Gasteiger partial charge is 0.243 e. The van der Waals surface area contributed by atoms with Gasteiger partial charge in [0, 0.05) is 6.54 Å². The van der Waals surface area contributed by atoms with Crippen LogP contribution in [0.1, 0.15) is 33.3 Å². The van der Waals surface area contributed by atoms with Crippen LogP contribution in [0.25, 0.3) is 0 Å². The minimum absolute atomic E-state index is 0.0147. The molecule has 0 fully saturated rings. The van der Waals surface area contributed by atoms with Crippen LogP contribution in [0.5, 0.6) is 0 Å². The Kier molecular flexibility index (Phi) is 7.05. The molecular formula is C17H27N3O2. The molecule has 0 aliphatic heterocycles. The number of hydrogen-bond acceptors (Lipinski definition) is 3. The highest BCUT2D eigenvalue weighted by molar-refractivity contribution is 5.89. The Morgan fingerprint density at radius 3 is 2.09 bits per heavy atom. The molecule has 1 rings (SSSR count). The van der Waals surface area contributed by atoms with E-state index in [1.54, 1.807) is 0 Å². The van der Waals surface area contributed by atoms with E-state index in [0.29, 0.717) is 6.54 Å². The van der Waals surface area contributed by atoms with Crippen LogP contribution < -0.4 is 16.4 Å². The van der Waals surface area contributed by atoms with E-state index < -0.39 is 12.1 Å². The molecule has 0 aliphatic rings. The second-order valence-corrected chi connectivity index (χ2v) is 6.20. The maximum atomic E-state index is 12.3. The fraction of sp³-hybridized carbons (Fsp3) is 0.529. The van der Waals surface area contributed by atoms with Crippen molar-refractivity contribution in [2.75, 3.05) is 0 Å². The van der Waals surface area contributed by atoms with Crippen LogP contribution in [0.3, 0.4) is 0 Å². The van der Waals surface area contributed by atoms with Gasteiger partial charge in [-0.2, -0.15) is 0 Å². The van der Waals surface area contributed by atoms with Crippen LogP contribution in [0, 0.1) is 11.8 Å². The van der Waals surface area contributed by atoms with Gasteiger partial charge in [0.2, 0.25) is 11.8 Å². The van der Waals surface area contributed by atoms with Gasteiger partial charge in [-0.3, -0.25) is 9.59 Å². The standard InChI is InChI=1S/C17H27N3O2/c1-11(2)14(18)16(21)20-15(12(3)4)17(22)19-10-13-8-6-5-7-9-13/h5-9,11-12,14-15H,10,18H2,1-4H3,(H,19,22)(H,20,21)/t14?,15-/m0/s1. The molecule has 5 heteroatoms. The van der Waals surface area contributed by atoms with Gasteiger partial charge in [-0.1, -0.05) is 58.0 Å². The zero-order valence-electron chi connectivity index (χ0n) is 13.8.